The zero-order valence-electron chi connectivity index (χ0n) is 20.5. The molecule has 5 rings (SSSR count). The standard InChI is InChI=1S/C27H23Cl2F2N3O4.H2O/c28-20-12-32-13-21(29)19(20)11-23(37-25(35)14-34-9-7-17-2-1-8-33-26(17)34)18-5-6-22(38-27(30)31)24(10-18)36-15-16-3-4-16;/h1-2,5-10,12-13,16,23,27H,3-4,11,14-15H2;1H2/t23-;/m0./s1. The van der Waals surface area contributed by atoms with Gasteiger partial charge in [0.1, 0.15) is 28.3 Å². The van der Waals surface area contributed by atoms with Crippen LogP contribution in [0.25, 0.3) is 11.0 Å². The molecule has 2 N–H and O–H groups in total. The summed E-state index contributed by atoms with van der Waals surface area (Å²) >= 11 is 12.8. The Balaban J connectivity index is 0.00000353. The predicted octanol–water partition coefficient (Wildman–Crippen LogP) is 5.90. The molecular weight excluding hydrogens is 555 g/mol. The summed E-state index contributed by atoms with van der Waals surface area (Å²) in [6.07, 6.45) is 7.89. The maximum absolute atomic E-state index is 13.1. The first kappa shape index (κ1) is 28.5. The summed E-state index contributed by atoms with van der Waals surface area (Å²) < 4.78 is 44.1. The molecule has 206 valence electrons. The predicted molar refractivity (Wildman–Crippen MR) is 139 cm³/mol. The largest absolute Gasteiger partial charge is 0.870 e. The van der Waals surface area contributed by atoms with Gasteiger partial charge >= 0.3 is 12.6 Å². The monoisotopic (exact) mass is 579 g/mol. The van der Waals surface area contributed by atoms with E-state index in [1.807, 2.05) is 18.2 Å². The molecule has 1 atom stereocenters. The van der Waals surface area contributed by atoms with Crippen LogP contribution in [0.2, 0.25) is 10.0 Å². The fourth-order valence-corrected chi connectivity index (χ4v) is 4.62. The number of H-pyrrole nitrogens is 1. The second-order valence-electron chi connectivity index (χ2n) is 9.01. The summed E-state index contributed by atoms with van der Waals surface area (Å²) in [6, 6.07) is 10.1. The summed E-state index contributed by atoms with van der Waals surface area (Å²) in [5.41, 5.74) is 1.72. The first-order valence-electron chi connectivity index (χ1n) is 12.0. The van der Waals surface area contributed by atoms with E-state index in [9.17, 15) is 13.6 Å². The number of esters is 1. The third kappa shape index (κ3) is 7.14. The zero-order chi connectivity index (χ0) is 26.6. The van der Waals surface area contributed by atoms with E-state index in [4.69, 9.17) is 32.7 Å². The molecule has 0 aliphatic heterocycles. The fraction of sp³-hybridized carbons (Fsp3) is 0.296. The van der Waals surface area contributed by atoms with Crippen LogP contribution in [0.1, 0.15) is 30.1 Å². The Bertz CT molecular complexity index is 1430. The molecule has 1 aliphatic carbocycles. The minimum Gasteiger partial charge on any atom is -0.870 e. The van der Waals surface area contributed by atoms with E-state index in [0.717, 1.165) is 18.2 Å². The van der Waals surface area contributed by atoms with Crippen LogP contribution in [-0.4, -0.2) is 34.2 Å². The number of nitrogens with zero attached hydrogens (tertiary/aromatic N) is 2. The normalized spacial score (nSPS) is 13.7. The van der Waals surface area contributed by atoms with Gasteiger partial charge in [0.05, 0.1) is 6.61 Å². The molecule has 0 spiro atoms. The lowest BCUT2D eigenvalue weighted by molar-refractivity contribution is -0.377. The number of carbonyl (C=O) groups excluding carboxylic acids is 1. The van der Waals surface area contributed by atoms with Gasteiger partial charge in [0.15, 0.2) is 23.9 Å². The number of rotatable bonds is 11. The minimum absolute atomic E-state index is 0. The molecule has 1 fully saturated rings. The number of pyridine rings is 2. The zero-order valence-corrected chi connectivity index (χ0v) is 22.0. The quantitative estimate of drug-likeness (QED) is 0.205. The van der Waals surface area contributed by atoms with E-state index in [1.165, 1.54) is 6.07 Å². The van der Waals surface area contributed by atoms with Crippen molar-refractivity contribution in [3.05, 3.63) is 82.4 Å². The summed E-state index contributed by atoms with van der Waals surface area (Å²) in [5, 5.41) is 1.62. The van der Waals surface area contributed by atoms with Gasteiger partial charge in [0.25, 0.3) is 0 Å². The molecule has 0 amide bonds. The summed E-state index contributed by atoms with van der Waals surface area (Å²) in [4.78, 5) is 20.3. The Hall–Kier alpha value is -3.47. The molecule has 3 heterocycles. The highest BCUT2D eigenvalue weighted by atomic mass is 35.5. The van der Waals surface area contributed by atoms with E-state index in [1.54, 1.807) is 41.5 Å². The van der Waals surface area contributed by atoms with E-state index >= 15 is 0 Å². The van der Waals surface area contributed by atoms with Crippen LogP contribution in [0.5, 0.6) is 11.5 Å². The number of benzene rings is 1. The number of hydrogen-bond acceptors (Lipinski definition) is 6. The lowest BCUT2D eigenvalue weighted by Gasteiger charge is -2.21. The maximum Gasteiger partial charge on any atom is 0.387 e. The molecule has 0 radical (unpaired) electrons. The number of fused-ring (bicyclic) bond motifs is 1. The molecule has 1 aliphatic rings. The molecule has 1 aromatic carbocycles. The van der Waals surface area contributed by atoms with Crippen LogP contribution < -0.4 is 14.5 Å². The van der Waals surface area contributed by atoms with Crippen LogP contribution in [0.3, 0.4) is 0 Å². The van der Waals surface area contributed by atoms with E-state index in [0.29, 0.717) is 39.3 Å². The number of carbonyl (C=O) groups is 1. The Morgan fingerprint density at radius 2 is 1.90 bits per heavy atom. The maximum atomic E-state index is 13.1. The van der Waals surface area contributed by atoms with Gasteiger partial charge < -0.3 is 24.3 Å². The Labute approximate surface area is 232 Å². The van der Waals surface area contributed by atoms with Crippen LogP contribution in [0, 0.1) is 5.92 Å². The fourth-order valence-electron chi connectivity index (χ4n) is 4.09. The highest BCUT2D eigenvalue weighted by Crippen LogP contribution is 2.37. The second kappa shape index (κ2) is 12.6. The second-order valence-corrected chi connectivity index (χ2v) is 9.83. The number of aromatic amines is 1. The molecule has 0 saturated heterocycles. The summed E-state index contributed by atoms with van der Waals surface area (Å²) in [6.45, 7) is -2.72. The van der Waals surface area contributed by atoms with Crippen LogP contribution in [-0.2, 0) is 22.5 Å². The van der Waals surface area contributed by atoms with Gasteiger partial charge in [0, 0.05) is 29.8 Å². The van der Waals surface area contributed by atoms with Crippen molar-refractivity contribution in [3.63, 3.8) is 0 Å². The summed E-state index contributed by atoms with van der Waals surface area (Å²) in [5.74, 6) is -0.0872. The number of alkyl halides is 2. The van der Waals surface area contributed by atoms with Gasteiger partial charge in [0.2, 0.25) is 0 Å². The molecular formula is C27H25Cl2F2N3O5. The molecule has 0 unspecified atom stereocenters. The van der Waals surface area contributed by atoms with Crippen LogP contribution >= 0.6 is 23.2 Å². The van der Waals surface area contributed by atoms with Gasteiger partial charge in [-0.05, 0) is 54.7 Å². The Morgan fingerprint density at radius 1 is 1.13 bits per heavy atom. The highest BCUT2D eigenvalue weighted by molar-refractivity contribution is 6.35. The van der Waals surface area contributed by atoms with E-state index in [-0.39, 0.29) is 29.9 Å². The third-order valence-electron chi connectivity index (χ3n) is 6.21. The smallest absolute Gasteiger partial charge is 0.387 e. The molecule has 8 nitrogen and oxygen atoms in total. The first-order chi connectivity index (χ1) is 18.4. The number of ether oxygens (including phenoxy) is 3. The van der Waals surface area contributed by atoms with Crippen molar-refractivity contribution in [3.8, 4) is 11.5 Å². The van der Waals surface area contributed by atoms with Crippen molar-refractivity contribution in [2.75, 3.05) is 6.61 Å². The molecule has 3 aromatic heterocycles. The van der Waals surface area contributed by atoms with Crippen molar-refractivity contribution in [1.82, 2.24) is 9.55 Å². The van der Waals surface area contributed by atoms with E-state index in [2.05, 4.69) is 14.7 Å². The van der Waals surface area contributed by atoms with Crippen molar-refractivity contribution in [2.24, 2.45) is 5.92 Å². The Kier molecular flexibility index (Phi) is 9.21. The SMILES string of the molecule is O=C(Cn1ccc2cccnc21)O[C@@H](Cc1c(Cl)c[nH+]cc1Cl)c1ccc(OC(F)F)c(OCC2CC2)c1.[OH-]. The van der Waals surface area contributed by atoms with E-state index < -0.39 is 18.7 Å². The number of halogens is 4. The molecule has 39 heavy (non-hydrogen) atoms. The number of nitrogens with one attached hydrogen (secondary N) is 1. The van der Waals surface area contributed by atoms with Crippen molar-refractivity contribution in [2.45, 2.75) is 38.5 Å². The first-order valence-corrected chi connectivity index (χ1v) is 12.8. The summed E-state index contributed by atoms with van der Waals surface area (Å²) in [7, 11) is 0. The van der Waals surface area contributed by atoms with Crippen LogP contribution in [0.4, 0.5) is 8.78 Å². The highest BCUT2D eigenvalue weighted by Gasteiger charge is 2.26. The van der Waals surface area contributed by atoms with Crippen molar-refractivity contribution >= 4 is 40.2 Å². The average molecular weight is 580 g/mol. The van der Waals surface area contributed by atoms with Crippen molar-refractivity contribution < 1.29 is 38.2 Å². The number of aromatic nitrogens is 3. The molecule has 4 aromatic rings. The van der Waals surface area contributed by atoms with Gasteiger partial charge in [-0.2, -0.15) is 8.78 Å². The molecule has 12 heteroatoms. The lowest BCUT2D eigenvalue weighted by atomic mass is 10.0. The number of hydrogen-bond donors (Lipinski definition) is 0. The van der Waals surface area contributed by atoms with Crippen molar-refractivity contribution in [1.29, 1.82) is 0 Å². The van der Waals surface area contributed by atoms with Crippen LogP contribution in [0.15, 0.2) is 61.2 Å². The Morgan fingerprint density at radius 3 is 2.62 bits per heavy atom. The van der Waals surface area contributed by atoms with Gasteiger partial charge in [-0.15, -0.1) is 0 Å². The van der Waals surface area contributed by atoms with Gasteiger partial charge in [-0.1, -0.05) is 29.3 Å². The minimum atomic E-state index is -3.01. The molecule has 1 saturated carbocycles. The topological polar surface area (TPSA) is 107 Å². The molecule has 0 bridgehead atoms. The lowest BCUT2D eigenvalue weighted by Crippen LogP contribution is -2.19. The van der Waals surface area contributed by atoms with Gasteiger partial charge in [-0.3, -0.25) is 4.79 Å². The van der Waals surface area contributed by atoms with Gasteiger partial charge in [-0.25, -0.2) is 9.97 Å². The third-order valence-corrected chi connectivity index (χ3v) is 6.88. The average Bonchev–Trinajstić information content (AvgIpc) is 3.64.